The lowest BCUT2D eigenvalue weighted by atomic mass is 9.78. The van der Waals surface area contributed by atoms with Gasteiger partial charge < -0.3 is 10.0 Å². The molecule has 3 nitrogen and oxygen atoms in total. The van der Waals surface area contributed by atoms with Crippen molar-refractivity contribution in [2.45, 2.75) is 31.4 Å². The Bertz CT molecular complexity index is 1070. The van der Waals surface area contributed by atoms with E-state index < -0.39 is 36.1 Å². The molecular weight excluding hydrogens is 422 g/mol. The molecule has 0 aromatic heterocycles. The lowest BCUT2D eigenvalue weighted by Gasteiger charge is -2.48. The Hall–Kier alpha value is -3.19. The predicted molar refractivity (Wildman–Crippen MR) is 112 cm³/mol. The summed E-state index contributed by atoms with van der Waals surface area (Å²) >= 11 is 0. The van der Waals surface area contributed by atoms with Crippen LogP contribution in [-0.4, -0.2) is 11.0 Å². The van der Waals surface area contributed by atoms with Gasteiger partial charge >= 0.3 is 0 Å². The van der Waals surface area contributed by atoms with Crippen LogP contribution in [0, 0.1) is 17.6 Å². The third-order valence-corrected chi connectivity index (χ3v) is 5.85. The minimum Gasteiger partial charge on any atom is -0.388 e. The fraction of sp³-hybridized carbons (Fsp3) is 0.240. The van der Waals surface area contributed by atoms with E-state index in [2.05, 4.69) is 0 Å². The quantitative estimate of drug-likeness (QED) is 0.353. The topological polar surface area (TPSA) is 40.5 Å². The Kier molecular flexibility index (Phi) is 6.28. The van der Waals surface area contributed by atoms with Crippen LogP contribution in [0.3, 0.4) is 0 Å². The van der Waals surface area contributed by atoms with E-state index in [1.54, 1.807) is 12.1 Å². The number of halogens is 4. The first-order valence-electron chi connectivity index (χ1n) is 10.3. The summed E-state index contributed by atoms with van der Waals surface area (Å²) in [7, 11) is 0. The van der Waals surface area contributed by atoms with Gasteiger partial charge in [-0.1, -0.05) is 36.4 Å². The van der Waals surface area contributed by atoms with Crippen LogP contribution in [-0.2, 0) is 4.79 Å². The molecule has 1 saturated heterocycles. The molecule has 0 unspecified atom stereocenters. The van der Waals surface area contributed by atoms with Crippen molar-refractivity contribution in [3.8, 4) is 0 Å². The molecule has 1 amide bonds. The number of carbonyl (C=O) groups is 1. The summed E-state index contributed by atoms with van der Waals surface area (Å²) in [5.74, 6) is -1.51. The minimum atomic E-state index is -2.60. The van der Waals surface area contributed by atoms with Crippen molar-refractivity contribution in [3.63, 3.8) is 0 Å². The Labute approximate surface area is 182 Å². The maximum absolute atomic E-state index is 13.4. The number of benzene rings is 3. The molecule has 3 aromatic rings. The monoisotopic (exact) mass is 443 g/mol. The lowest BCUT2D eigenvalue weighted by Crippen LogP contribution is -2.55. The number of aliphatic hydroxyl groups is 1. The Morgan fingerprint density at radius 3 is 1.91 bits per heavy atom. The first-order chi connectivity index (χ1) is 15.3. The molecule has 4 rings (SSSR count). The molecule has 3 aromatic carbocycles. The summed E-state index contributed by atoms with van der Waals surface area (Å²) in [5.41, 5.74) is 1.62. The summed E-state index contributed by atoms with van der Waals surface area (Å²) in [4.78, 5) is 14.5. The fourth-order valence-electron chi connectivity index (χ4n) is 4.13. The fourth-order valence-corrected chi connectivity index (χ4v) is 4.13. The standard InChI is InChI=1S/C25H21F4NO2/c26-18-7-5-15(6-8-18)22(31)14-13-21-23(16-1-3-17(4-2-16)24(28)29)30(25(21)32)20-11-9-19(27)10-12-20/h1-12,21-24,31H,13-14H2/t21-,22+,23-/m1/s1. The maximum Gasteiger partial charge on any atom is 0.263 e. The molecule has 1 N–H and O–H groups in total. The van der Waals surface area contributed by atoms with E-state index in [0.29, 0.717) is 23.2 Å². The van der Waals surface area contributed by atoms with E-state index in [1.165, 1.54) is 65.6 Å². The van der Waals surface area contributed by atoms with Crippen LogP contribution in [0.4, 0.5) is 23.2 Å². The third-order valence-electron chi connectivity index (χ3n) is 5.85. The molecule has 1 fully saturated rings. The van der Waals surface area contributed by atoms with Gasteiger partial charge in [0.2, 0.25) is 5.91 Å². The second-order valence-corrected chi connectivity index (χ2v) is 7.85. The number of hydrogen-bond acceptors (Lipinski definition) is 2. The molecule has 0 bridgehead atoms. The number of rotatable bonds is 7. The number of anilines is 1. The lowest BCUT2D eigenvalue weighted by molar-refractivity contribution is -0.131. The molecule has 1 heterocycles. The second kappa shape index (κ2) is 9.12. The van der Waals surface area contributed by atoms with Crippen molar-refractivity contribution >= 4 is 11.6 Å². The largest absolute Gasteiger partial charge is 0.388 e. The van der Waals surface area contributed by atoms with Crippen LogP contribution >= 0.6 is 0 Å². The first kappa shape index (κ1) is 22.0. The summed E-state index contributed by atoms with van der Waals surface area (Å²) in [5, 5.41) is 10.5. The molecule has 0 aliphatic carbocycles. The SMILES string of the molecule is O=C1[C@H](CC[C@H](O)c2ccc(F)cc2)[C@@H](c2ccc(C(F)F)cc2)N1c1ccc(F)cc1. The van der Waals surface area contributed by atoms with Gasteiger partial charge in [0, 0.05) is 11.3 Å². The Balaban J connectivity index is 1.56. The zero-order chi connectivity index (χ0) is 22.8. The summed E-state index contributed by atoms with van der Waals surface area (Å²) in [6, 6.07) is 16.4. The minimum absolute atomic E-state index is 0.115. The number of aliphatic hydroxyl groups excluding tert-OH is 1. The van der Waals surface area contributed by atoms with Crippen LogP contribution in [0.5, 0.6) is 0 Å². The Morgan fingerprint density at radius 1 is 0.812 bits per heavy atom. The number of β-lactam (4-membered cyclic amide) rings is 1. The van der Waals surface area contributed by atoms with Crippen LogP contribution in [0.2, 0.25) is 0 Å². The highest BCUT2D eigenvalue weighted by molar-refractivity contribution is 6.03. The molecule has 3 atom stereocenters. The van der Waals surface area contributed by atoms with Gasteiger partial charge in [-0.15, -0.1) is 0 Å². The van der Waals surface area contributed by atoms with Crippen molar-refractivity contribution in [1.29, 1.82) is 0 Å². The zero-order valence-electron chi connectivity index (χ0n) is 17.0. The van der Waals surface area contributed by atoms with E-state index in [4.69, 9.17) is 0 Å². The summed E-state index contributed by atoms with van der Waals surface area (Å²) in [6.07, 6.45) is -2.85. The average Bonchev–Trinajstić information content (AvgIpc) is 2.79. The first-order valence-corrected chi connectivity index (χ1v) is 10.3. The van der Waals surface area contributed by atoms with Crippen molar-refractivity contribution < 1.29 is 27.5 Å². The molecule has 0 radical (unpaired) electrons. The smallest absolute Gasteiger partial charge is 0.263 e. The van der Waals surface area contributed by atoms with Crippen molar-refractivity contribution in [3.05, 3.63) is 101 Å². The number of amides is 1. The molecule has 1 aliphatic heterocycles. The molecule has 0 spiro atoms. The molecule has 166 valence electrons. The van der Waals surface area contributed by atoms with Gasteiger partial charge in [-0.3, -0.25) is 4.79 Å². The van der Waals surface area contributed by atoms with Crippen molar-refractivity contribution in [2.75, 3.05) is 4.90 Å². The number of carbonyl (C=O) groups excluding carboxylic acids is 1. The maximum atomic E-state index is 13.4. The third kappa shape index (κ3) is 4.39. The van der Waals surface area contributed by atoms with E-state index in [-0.39, 0.29) is 17.9 Å². The van der Waals surface area contributed by atoms with Gasteiger partial charge in [-0.05, 0) is 60.4 Å². The van der Waals surface area contributed by atoms with Gasteiger partial charge in [0.05, 0.1) is 18.1 Å². The van der Waals surface area contributed by atoms with Crippen LogP contribution < -0.4 is 4.90 Å². The van der Waals surface area contributed by atoms with Crippen molar-refractivity contribution in [1.82, 2.24) is 0 Å². The highest BCUT2D eigenvalue weighted by Gasteiger charge is 2.48. The van der Waals surface area contributed by atoms with E-state index in [1.807, 2.05) is 0 Å². The number of nitrogens with zero attached hydrogens (tertiary/aromatic N) is 1. The zero-order valence-corrected chi connectivity index (χ0v) is 17.0. The number of hydrogen-bond donors (Lipinski definition) is 1. The van der Waals surface area contributed by atoms with Gasteiger partial charge in [0.1, 0.15) is 11.6 Å². The normalized spacial score (nSPS) is 19.2. The second-order valence-electron chi connectivity index (χ2n) is 7.85. The molecule has 7 heteroatoms. The highest BCUT2D eigenvalue weighted by atomic mass is 19.3. The summed E-state index contributed by atoms with van der Waals surface area (Å²) < 4.78 is 52.4. The van der Waals surface area contributed by atoms with E-state index >= 15 is 0 Å². The van der Waals surface area contributed by atoms with Gasteiger partial charge in [-0.25, -0.2) is 17.6 Å². The summed E-state index contributed by atoms with van der Waals surface area (Å²) in [6.45, 7) is 0. The van der Waals surface area contributed by atoms with Gasteiger partial charge in [-0.2, -0.15) is 0 Å². The highest BCUT2D eigenvalue weighted by Crippen LogP contribution is 2.46. The average molecular weight is 443 g/mol. The predicted octanol–water partition coefficient (Wildman–Crippen LogP) is 6.12. The van der Waals surface area contributed by atoms with Crippen molar-refractivity contribution in [2.24, 2.45) is 5.92 Å². The van der Waals surface area contributed by atoms with Gasteiger partial charge in [0.25, 0.3) is 6.43 Å². The number of alkyl halides is 2. The molecule has 1 aliphatic rings. The van der Waals surface area contributed by atoms with Crippen LogP contribution in [0.15, 0.2) is 72.8 Å². The van der Waals surface area contributed by atoms with Crippen LogP contribution in [0.25, 0.3) is 0 Å². The molecular formula is C25H21F4NO2. The van der Waals surface area contributed by atoms with E-state index in [9.17, 15) is 27.5 Å². The Morgan fingerprint density at radius 2 is 1.34 bits per heavy atom. The molecule has 32 heavy (non-hydrogen) atoms. The molecule has 0 saturated carbocycles. The van der Waals surface area contributed by atoms with E-state index in [0.717, 1.165) is 0 Å². The van der Waals surface area contributed by atoms with Gasteiger partial charge in [0.15, 0.2) is 0 Å². The van der Waals surface area contributed by atoms with Crippen LogP contribution in [0.1, 0.15) is 48.1 Å².